The monoisotopic (exact) mass is 1660 g/mol. The topological polar surface area (TPSA) is 314 Å². The number of rotatable bonds is 16. The minimum Gasteiger partial charge on any atom is -0.358 e. The summed E-state index contributed by atoms with van der Waals surface area (Å²) >= 11 is 12.7. The van der Waals surface area contributed by atoms with Crippen LogP contribution in [-0.2, 0) is 43.6 Å². The van der Waals surface area contributed by atoms with Crippen molar-refractivity contribution in [1.29, 1.82) is 0 Å². The maximum Gasteiger partial charge on any atom is 0.385 e. The van der Waals surface area contributed by atoms with Gasteiger partial charge in [-0.2, -0.15) is 0 Å². The van der Waals surface area contributed by atoms with Crippen molar-refractivity contribution >= 4 is 147 Å². The van der Waals surface area contributed by atoms with Gasteiger partial charge in [-0.1, -0.05) is 82.0 Å². The predicted molar refractivity (Wildman–Crippen MR) is 421 cm³/mol. The molecule has 600 valence electrons. The third-order valence-electron chi connectivity index (χ3n) is 17.3. The normalized spacial score (nSPS) is 20.2. The number of aryl methyl sites for hydroxylation is 1. The van der Waals surface area contributed by atoms with E-state index in [2.05, 4.69) is 113 Å². The van der Waals surface area contributed by atoms with E-state index < -0.39 is 37.4 Å². The fourth-order valence-electron chi connectivity index (χ4n) is 12.5. The number of piperidine rings is 3. The molecule has 0 spiro atoms. The molecular formula is C65H114F6N10O14P5S4-. The molecule has 2 aromatic rings. The molecule has 1 aromatic heterocycles. The molecule has 4 unspecified atom stereocenters. The number of hydrogen-bond acceptors (Lipinski definition) is 22. The molecule has 1 aliphatic carbocycles. The smallest absolute Gasteiger partial charge is 0.358 e. The second-order valence-electron chi connectivity index (χ2n) is 26.2. The van der Waals surface area contributed by atoms with Gasteiger partial charge in [0, 0.05) is 96.5 Å². The van der Waals surface area contributed by atoms with Crippen LogP contribution in [-0.4, -0.2) is 204 Å². The number of aliphatic carboxylic acids is 1. The van der Waals surface area contributed by atoms with E-state index in [0.717, 1.165) is 103 Å². The summed E-state index contributed by atoms with van der Waals surface area (Å²) in [6, 6.07) is 5.78. The molecule has 7 aliphatic rings. The van der Waals surface area contributed by atoms with Crippen molar-refractivity contribution in [2.75, 3.05) is 85.6 Å². The number of imidazole rings is 1. The van der Waals surface area contributed by atoms with Crippen LogP contribution in [0.15, 0.2) is 41.7 Å². The Bertz CT molecular complexity index is 2980. The van der Waals surface area contributed by atoms with Crippen molar-refractivity contribution in [2.24, 2.45) is 35.3 Å². The van der Waals surface area contributed by atoms with E-state index in [1.807, 2.05) is 41.5 Å². The van der Waals surface area contributed by atoms with Crippen LogP contribution in [0.1, 0.15) is 176 Å². The molecule has 0 radical (unpaired) electrons. The van der Waals surface area contributed by atoms with Gasteiger partial charge in [-0.05, 0) is 193 Å². The number of benzene rings is 1. The molecule has 2 amide bonds. The second kappa shape index (κ2) is 49.7. The van der Waals surface area contributed by atoms with Crippen molar-refractivity contribution in [2.45, 2.75) is 194 Å². The van der Waals surface area contributed by atoms with Crippen LogP contribution in [0.2, 0.25) is 0 Å². The SMILES string of the molecule is CC(C)(C)OC(=O)N1CCC(C(=O)O)CC1.CCC(=O)C1CCN(C(=O)CCC(=O)OC2C[C@H](C)C[C@@H]2CC)CC1.CCC(=O)C1CCNCC1.CN.Cc1ccc(S(=O)(=O)[O-])cc1.F[P-](F)(F)(F)(F)F.O=[N+]([O-])c1cn([P+](N2CCCC2)(N2CCCC2)N2CCCC2)cn1.PC=S.PC=S.PC=S. The number of hydrogen-bond donors (Lipinski definition) is 3. The average molecular weight is 1660 g/mol. The molecule has 1 saturated carbocycles. The number of ketones is 2. The predicted octanol–water partition coefficient (Wildman–Crippen LogP) is 15.0. The Morgan fingerprint density at radius 3 is 1.46 bits per heavy atom. The largest absolute Gasteiger partial charge is 0.385 e. The number of nitrogens with one attached hydrogen (secondary N) is 1. The summed E-state index contributed by atoms with van der Waals surface area (Å²) < 4.78 is 111. The van der Waals surface area contributed by atoms with Gasteiger partial charge in [0.25, 0.3) is 0 Å². The Morgan fingerprint density at radius 2 is 1.11 bits per heavy atom. The molecule has 9 rings (SSSR count). The Morgan fingerprint density at radius 1 is 0.712 bits per heavy atom. The number of carboxylic acids is 1. The number of Topliss-reactive ketones (excluding diaryl/α,β-unsaturated/α-hetero) is 2. The molecule has 7 heterocycles. The van der Waals surface area contributed by atoms with E-state index in [1.165, 1.54) is 73.0 Å². The van der Waals surface area contributed by atoms with Crippen LogP contribution >= 0.6 is 80.0 Å². The van der Waals surface area contributed by atoms with E-state index in [9.17, 15) is 77.0 Å². The summed E-state index contributed by atoms with van der Waals surface area (Å²) in [6.45, 7) is 26.2. The fraction of sp³-hybridized carbons (Fsp3) is 0.723. The average Bonchev–Trinajstić information content (AvgIpc) is 1.56. The zero-order valence-electron chi connectivity index (χ0n) is 61.5. The number of nitrogens with two attached hydrogens (primary N) is 1. The summed E-state index contributed by atoms with van der Waals surface area (Å²) in [4.78, 5) is 87.8. The number of esters is 1. The van der Waals surface area contributed by atoms with Gasteiger partial charge >= 0.3 is 64.7 Å². The molecule has 1 aromatic carbocycles. The van der Waals surface area contributed by atoms with E-state index >= 15 is 0 Å². The molecular weight excluding hydrogens is 1540 g/mol. The molecule has 6 atom stereocenters. The number of carbonyl (C=O) groups is 6. The third-order valence-corrected chi connectivity index (χ3v) is 22.4. The van der Waals surface area contributed by atoms with Crippen molar-refractivity contribution in [3.05, 3.63) is 52.5 Å². The number of halogens is 6. The van der Waals surface area contributed by atoms with E-state index in [-0.39, 0.29) is 64.4 Å². The van der Waals surface area contributed by atoms with Gasteiger partial charge in [0.1, 0.15) is 39.6 Å². The first-order valence-electron chi connectivity index (χ1n) is 34.9. The molecule has 39 heteroatoms. The minimum atomic E-state index is -10.7. The number of carbonyl (C=O) groups excluding carboxylic acids is 5. The zero-order valence-corrected chi connectivity index (χ0v) is 70.0. The summed E-state index contributed by atoms with van der Waals surface area (Å²) in [5.41, 5.74) is 4.93. The van der Waals surface area contributed by atoms with Crippen molar-refractivity contribution in [1.82, 2.24) is 38.4 Å². The summed E-state index contributed by atoms with van der Waals surface area (Å²) in [5, 5.41) is 27.8. The van der Waals surface area contributed by atoms with Gasteiger partial charge in [-0.15, -0.1) is 46.1 Å². The van der Waals surface area contributed by atoms with E-state index in [4.69, 9.17) is 14.6 Å². The van der Waals surface area contributed by atoms with Gasteiger partial charge < -0.3 is 50.1 Å². The van der Waals surface area contributed by atoms with Gasteiger partial charge in [-0.3, -0.25) is 24.0 Å². The van der Waals surface area contributed by atoms with Crippen molar-refractivity contribution < 1.29 is 86.4 Å². The van der Waals surface area contributed by atoms with Crippen molar-refractivity contribution in [3.8, 4) is 0 Å². The van der Waals surface area contributed by atoms with Gasteiger partial charge in [0.15, 0.2) is 0 Å². The van der Waals surface area contributed by atoms with Gasteiger partial charge in [-0.25, -0.2) is 13.2 Å². The standard InChI is InChI=1S/C20H33NO4.C15H26N6O2P.C11H19NO4.C8H15NO.C7H8O3S.CH5N.3CH3PS.F6P/c1-4-15-12-14(3)13-18(15)25-20(24)7-6-19(23)21-10-8-16(9-11-21)17(22)5-2;22-21(23)15-13-20(14-16-15)24(17-7-1-2-8-17,18-9-3-4-10-18)19-11-5-6-12-19;1-11(2,3)16-10(15)12-6-4-8(5-7-12)9(13)14;1-2-8(10)7-3-5-9-6-4-7;1-6-2-4-7(5-3-6)11(8,9)10;1-2;3*2-1-3;1-7(2,3,4,5)6/h14-16,18H,4-13H2,1-3H3;13-14H,1-12H2;8H,4-7H2,1-3H3,(H,13,14);7,9H,2-6H2,1H3;2-5H,1H3,(H,8,9,10);2H2,1H3;3*1H,2H2;/q;+1;;;;;;;;-1/p-1/t14-,15+,18?;;;;;;;;;/m1........./s1. The number of carboxylic acid groups (broad SMARTS) is 1. The van der Waals surface area contributed by atoms with Crippen LogP contribution < -0.4 is 11.1 Å². The first kappa shape index (κ1) is 101. The number of aromatic nitrogens is 2. The second-order valence-corrected chi connectivity index (χ2v) is 36.0. The Balaban J connectivity index is 0.00000124. The molecule has 4 N–H and O–H groups in total. The first-order valence-corrected chi connectivity index (χ1v) is 43.4. The number of nitro groups is 1. The molecule has 6 saturated heterocycles. The third kappa shape index (κ3) is 41.4. The Kier molecular flexibility index (Phi) is 48.0. The van der Waals surface area contributed by atoms with Gasteiger partial charge in [0.05, 0.1) is 17.2 Å². The number of amides is 2. The van der Waals surface area contributed by atoms with Crippen molar-refractivity contribution in [3.63, 3.8) is 0 Å². The zero-order chi connectivity index (χ0) is 79.7. The number of thiocarbonyl (C=S) groups is 3. The Hall–Kier alpha value is -3.44. The number of ether oxygens (including phenoxy) is 2. The quantitative estimate of drug-likeness (QED) is 0.0267. The molecule has 7 fully saturated rings. The van der Waals surface area contributed by atoms with Crippen LogP contribution in [0.5, 0.6) is 0 Å². The molecule has 104 heavy (non-hydrogen) atoms. The summed E-state index contributed by atoms with van der Waals surface area (Å²) in [7, 11) is -8.58. The van der Waals surface area contributed by atoms with Crippen LogP contribution in [0.4, 0.5) is 35.8 Å². The maximum atomic E-state index is 12.3. The van der Waals surface area contributed by atoms with Crippen LogP contribution in [0.25, 0.3) is 0 Å². The maximum absolute atomic E-state index is 12.3. The first-order chi connectivity index (χ1) is 48.5. The van der Waals surface area contributed by atoms with E-state index in [0.29, 0.717) is 81.2 Å². The minimum absolute atomic E-state index is 0.00572. The molecule has 6 aliphatic heterocycles. The number of nitrogens with zero attached hydrogens (tertiary/aromatic N) is 8. The van der Waals surface area contributed by atoms with Crippen LogP contribution in [0.3, 0.4) is 0 Å². The molecule has 0 bridgehead atoms. The fourth-order valence-corrected chi connectivity index (χ4v) is 17.8. The van der Waals surface area contributed by atoms with Crippen LogP contribution in [0, 0.1) is 46.6 Å². The number of likely N-dealkylation sites (tertiary alicyclic amines) is 2. The summed E-state index contributed by atoms with van der Waals surface area (Å²) in [5.74, 6) is 0.919. The van der Waals surface area contributed by atoms with Gasteiger partial charge in [0.2, 0.25) is 12.2 Å². The summed E-state index contributed by atoms with van der Waals surface area (Å²) in [6.07, 6.45) is 19.8. The molecule has 24 nitrogen and oxygen atoms in total. The van der Waals surface area contributed by atoms with E-state index in [1.54, 1.807) is 34.5 Å². The Labute approximate surface area is 635 Å².